The highest BCUT2D eigenvalue weighted by molar-refractivity contribution is 7.91. The number of hydrogen-bond donors (Lipinski definition) is 0. The van der Waals surface area contributed by atoms with E-state index in [0.717, 1.165) is 26.0 Å². The Hall–Kier alpha value is -0.910. The average Bonchev–Trinajstić information content (AvgIpc) is 2.54. The van der Waals surface area contributed by atoms with Crippen molar-refractivity contribution in [2.45, 2.75) is 42.7 Å². The highest BCUT2D eigenvalue weighted by Gasteiger charge is 2.34. The highest BCUT2D eigenvalue weighted by Crippen LogP contribution is 2.28. The summed E-state index contributed by atoms with van der Waals surface area (Å²) in [7, 11) is -3.18. The summed E-state index contributed by atoms with van der Waals surface area (Å²) >= 11 is 0. The van der Waals surface area contributed by atoms with Crippen molar-refractivity contribution >= 4 is 9.84 Å². The number of benzene rings is 1. The Morgan fingerprint density at radius 1 is 1.14 bits per heavy atom. The van der Waals surface area contributed by atoms with Crippen molar-refractivity contribution in [2.75, 3.05) is 25.4 Å². The molecule has 1 aliphatic heterocycles. The molecule has 5 heteroatoms. The fourth-order valence-electron chi connectivity index (χ4n) is 3.44. The summed E-state index contributed by atoms with van der Waals surface area (Å²) in [5.74, 6) is 0.195. The van der Waals surface area contributed by atoms with Crippen LogP contribution in [0.5, 0.6) is 0 Å². The van der Waals surface area contributed by atoms with Gasteiger partial charge in [-0.3, -0.25) is 4.90 Å². The van der Waals surface area contributed by atoms with Gasteiger partial charge in [-0.1, -0.05) is 31.0 Å². The molecule has 2 atom stereocenters. The molecule has 4 nitrogen and oxygen atoms in total. The lowest BCUT2D eigenvalue weighted by Gasteiger charge is -2.43. The predicted octanol–water partition coefficient (Wildman–Crippen LogP) is 2.10. The summed E-state index contributed by atoms with van der Waals surface area (Å²) in [6.07, 6.45) is 5.03. The molecule has 1 aromatic carbocycles. The van der Waals surface area contributed by atoms with Crippen LogP contribution in [0, 0.1) is 0 Å². The molecule has 1 heterocycles. The van der Waals surface area contributed by atoms with Gasteiger partial charge in [0, 0.05) is 19.1 Å². The molecule has 1 saturated carbocycles. The lowest BCUT2D eigenvalue weighted by Crippen LogP contribution is -2.53. The zero-order valence-electron chi connectivity index (χ0n) is 12.3. The van der Waals surface area contributed by atoms with Crippen molar-refractivity contribution in [1.29, 1.82) is 0 Å². The zero-order chi connectivity index (χ0) is 14.7. The van der Waals surface area contributed by atoms with E-state index in [1.807, 2.05) is 6.07 Å². The van der Waals surface area contributed by atoms with Crippen LogP contribution < -0.4 is 0 Å². The van der Waals surface area contributed by atoms with Crippen LogP contribution in [0.1, 0.15) is 25.7 Å². The summed E-state index contributed by atoms with van der Waals surface area (Å²) in [4.78, 5) is 2.76. The molecule has 0 amide bonds. The molecule has 0 aromatic heterocycles. The molecule has 0 spiro atoms. The number of fused-ring (bicyclic) bond motifs is 1. The van der Waals surface area contributed by atoms with E-state index in [2.05, 4.69) is 4.90 Å². The molecule has 0 N–H and O–H groups in total. The quantitative estimate of drug-likeness (QED) is 0.854. The molecule has 1 aliphatic carbocycles. The molecule has 116 valence electrons. The lowest BCUT2D eigenvalue weighted by atomic mass is 9.90. The Morgan fingerprint density at radius 3 is 2.71 bits per heavy atom. The minimum Gasteiger partial charge on any atom is -0.375 e. The molecule has 2 aliphatic rings. The Kier molecular flexibility index (Phi) is 4.62. The molecular weight excluding hydrogens is 286 g/mol. The first-order chi connectivity index (χ1) is 10.2. The Bertz CT molecular complexity index is 556. The van der Waals surface area contributed by atoms with Gasteiger partial charge in [0.15, 0.2) is 9.84 Å². The van der Waals surface area contributed by atoms with Crippen molar-refractivity contribution in [3.8, 4) is 0 Å². The third kappa shape index (κ3) is 3.47. The summed E-state index contributed by atoms with van der Waals surface area (Å²) in [6, 6.07) is 9.17. The van der Waals surface area contributed by atoms with Crippen LogP contribution in [0.2, 0.25) is 0 Å². The first-order valence-corrected chi connectivity index (χ1v) is 9.45. The van der Waals surface area contributed by atoms with Gasteiger partial charge in [-0.05, 0) is 25.0 Å². The van der Waals surface area contributed by atoms with Crippen molar-refractivity contribution in [2.24, 2.45) is 0 Å². The molecule has 0 unspecified atom stereocenters. The maximum Gasteiger partial charge on any atom is 0.179 e. The highest BCUT2D eigenvalue weighted by atomic mass is 32.2. The van der Waals surface area contributed by atoms with Gasteiger partial charge in [-0.25, -0.2) is 8.42 Å². The summed E-state index contributed by atoms with van der Waals surface area (Å²) in [5.41, 5.74) is 0. The second-order valence-corrected chi connectivity index (χ2v) is 8.04. The second kappa shape index (κ2) is 6.46. The van der Waals surface area contributed by atoms with E-state index in [1.54, 1.807) is 24.3 Å². The zero-order valence-corrected chi connectivity index (χ0v) is 13.1. The Balaban J connectivity index is 1.64. The maximum absolute atomic E-state index is 12.4. The van der Waals surface area contributed by atoms with Crippen LogP contribution in [-0.4, -0.2) is 50.9 Å². The van der Waals surface area contributed by atoms with Gasteiger partial charge >= 0.3 is 0 Å². The molecule has 0 bridgehead atoms. The van der Waals surface area contributed by atoms with Crippen LogP contribution >= 0.6 is 0 Å². The van der Waals surface area contributed by atoms with Gasteiger partial charge in [-0.2, -0.15) is 0 Å². The number of hydrogen-bond acceptors (Lipinski definition) is 4. The summed E-state index contributed by atoms with van der Waals surface area (Å²) in [5, 5.41) is 0. The number of ether oxygens (including phenoxy) is 1. The monoisotopic (exact) mass is 309 g/mol. The number of sulfone groups is 1. The largest absolute Gasteiger partial charge is 0.375 e. The van der Waals surface area contributed by atoms with Gasteiger partial charge < -0.3 is 4.74 Å². The minimum absolute atomic E-state index is 0.195. The SMILES string of the molecule is O=S(=O)(CCN1CCO[C@@H]2CCCC[C@H]21)c1ccccc1. The van der Waals surface area contributed by atoms with Crippen LogP contribution in [0.25, 0.3) is 0 Å². The van der Waals surface area contributed by atoms with E-state index in [1.165, 1.54) is 12.8 Å². The lowest BCUT2D eigenvalue weighted by molar-refractivity contribution is -0.0859. The van der Waals surface area contributed by atoms with Crippen molar-refractivity contribution in [3.05, 3.63) is 30.3 Å². The Labute approximate surface area is 127 Å². The Morgan fingerprint density at radius 2 is 1.90 bits per heavy atom. The van der Waals surface area contributed by atoms with Crippen LogP contribution in [0.4, 0.5) is 0 Å². The van der Waals surface area contributed by atoms with Crippen LogP contribution in [-0.2, 0) is 14.6 Å². The minimum atomic E-state index is -3.18. The molecule has 2 fully saturated rings. The van der Waals surface area contributed by atoms with Gasteiger partial charge in [0.2, 0.25) is 0 Å². The van der Waals surface area contributed by atoms with E-state index in [0.29, 0.717) is 23.6 Å². The van der Waals surface area contributed by atoms with Gasteiger partial charge in [-0.15, -0.1) is 0 Å². The average molecular weight is 309 g/mol. The first-order valence-electron chi connectivity index (χ1n) is 7.80. The number of rotatable bonds is 4. The van der Waals surface area contributed by atoms with Crippen molar-refractivity contribution in [3.63, 3.8) is 0 Å². The van der Waals surface area contributed by atoms with Crippen LogP contribution in [0.15, 0.2) is 35.2 Å². The topological polar surface area (TPSA) is 46.6 Å². The fourth-order valence-corrected chi connectivity index (χ4v) is 4.72. The number of morpholine rings is 1. The molecule has 0 radical (unpaired) electrons. The van der Waals surface area contributed by atoms with Gasteiger partial charge in [0.25, 0.3) is 0 Å². The van der Waals surface area contributed by atoms with E-state index in [9.17, 15) is 8.42 Å². The maximum atomic E-state index is 12.4. The molecule has 21 heavy (non-hydrogen) atoms. The third-order valence-corrected chi connectivity index (χ3v) is 6.31. The summed E-state index contributed by atoms with van der Waals surface area (Å²) < 4.78 is 30.6. The smallest absolute Gasteiger partial charge is 0.179 e. The van der Waals surface area contributed by atoms with Gasteiger partial charge in [0.1, 0.15) is 0 Å². The van der Waals surface area contributed by atoms with Crippen molar-refractivity contribution in [1.82, 2.24) is 4.90 Å². The van der Waals surface area contributed by atoms with E-state index < -0.39 is 9.84 Å². The fraction of sp³-hybridized carbons (Fsp3) is 0.625. The van der Waals surface area contributed by atoms with E-state index in [4.69, 9.17) is 4.74 Å². The second-order valence-electron chi connectivity index (χ2n) is 5.93. The van der Waals surface area contributed by atoms with Gasteiger partial charge in [0.05, 0.1) is 23.4 Å². The van der Waals surface area contributed by atoms with Crippen molar-refractivity contribution < 1.29 is 13.2 Å². The summed E-state index contributed by atoms with van der Waals surface area (Å²) in [6.45, 7) is 2.19. The van der Waals surface area contributed by atoms with E-state index in [-0.39, 0.29) is 5.75 Å². The molecule has 1 aromatic rings. The molecule has 3 rings (SSSR count). The third-order valence-electron chi connectivity index (χ3n) is 4.60. The predicted molar refractivity (Wildman–Crippen MR) is 82.1 cm³/mol. The molecule has 1 saturated heterocycles. The number of nitrogens with zero attached hydrogens (tertiary/aromatic N) is 1. The molecular formula is C16H23NO3S. The standard InChI is InChI=1S/C16H23NO3S/c18-21(19,14-6-2-1-3-7-14)13-11-17-10-12-20-16-9-5-4-8-15(16)17/h1-3,6-7,15-16H,4-5,8-13H2/t15-,16-/m1/s1. The normalized spacial score (nSPS) is 27.2. The first kappa shape index (κ1) is 15.0. The van der Waals surface area contributed by atoms with Crippen LogP contribution in [0.3, 0.4) is 0 Å². The van der Waals surface area contributed by atoms with E-state index >= 15 is 0 Å².